The Labute approximate surface area is 80.6 Å². The Bertz CT molecular complexity index is 376. The predicted octanol–water partition coefficient (Wildman–Crippen LogP) is 1.49. The minimum absolute atomic E-state index is 0.0529. The summed E-state index contributed by atoms with van der Waals surface area (Å²) in [6.45, 7) is 3.44. The van der Waals surface area contributed by atoms with E-state index in [1.54, 1.807) is 0 Å². The van der Waals surface area contributed by atoms with Crippen LogP contribution in [0.4, 0.5) is 5.69 Å². The highest BCUT2D eigenvalue weighted by atomic mass is 16.6. The largest absolute Gasteiger partial charge is 0.508 e. The second kappa shape index (κ2) is 3.89. The van der Waals surface area contributed by atoms with Crippen LogP contribution in [0, 0.1) is 10.1 Å². The molecule has 3 N–H and O–H groups in total. The van der Waals surface area contributed by atoms with Gasteiger partial charge in [-0.25, -0.2) is 0 Å². The second-order valence-electron chi connectivity index (χ2n) is 2.76. The number of hydrogen-bond acceptors (Lipinski definition) is 4. The molecule has 5 heteroatoms. The number of benzene rings is 1. The van der Waals surface area contributed by atoms with Crippen LogP contribution >= 0.6 is 0 Å². The summed E-state index contributed by atoms with van der Waals surface area (Å²) in [5.74, 6) is -0.0529. The van der Waals surface area contributed by atoms with Crippen molar-refractivity contribution < 1.29 is 10.0 Å². The maximum absolute atomic E-state index is 10.6. The zero-order valence-electron chi connectivity index (χ0n) is 7.38. The van der Waals surface area contributed by atoms with Gasteiger partial charge in [-0.05, 0) is 12.1 Å². The van der Waals surface area contributed by atoms with Crippen molar-refractivity contribution in [3.05, 3.63) is 46.5 Å². The van der Waals surface area contributed by atoms with Crippen molar-refractivity contribution in [1.29, 1.82) is 0 Å². The van der Waals surface area contributed by atoms with Gasteiger partial charge in [-0.1, -0.05) is 6.08 Å². The molecular weight excluding hydrogens is 184 g/mol. The fourth-order valence-electron chi connectivity index (χ4n) is 1.10. The van der Waals surface area contributed by atoms with Crippen molar-refractivity contribution in [3.63, 3.8) is 0 Å². The van der Waals surface area contributed by atoms with Gasteiger partial charge in [0.05, 0.1) is 16.5 Å². The molecule has 0 saturated heterocycles. The molecule has 0 radical (unpaired) electrons. The number of nitrogens with zero attached hydrogens (tertiary/aromatic N) is 1. The first-order chi connectivity index (χ1) is 6.56. The van der Waals surface area contributed by atoms with Crippen molar-refractivity contribution >= 4 is 5.69 Å². The van der Waals surface area contributed by atoms with Crippen LogP contribution in [-0.4, -0.2) is 10.0 Å². The van der Waals surface area contributed by atoms with Gasteiger partial charge in [0.25, 0.3) is 5.69 Å². The van der Waals surface area contributed by atoms with Gasteiger partial charge in [0, 0.05) is 6.07 Å². The molecular formula is C9H10N2O3. The fraction of sp³-hybridized carbons (Fsp3) is 0.111. The highest BCUT2D eigenvalue weighted by Crippen LogP contribution is 2.27. The summed E-state index contributed by atoms with van der Waals surface area (Å²) in [7, 11) is 0. The molecule has 74 valence electrons. The number of phenols is 1. The SMILES string of the molecule is C=CC(N)c1cc(O)ccc1[N+](=O)[O-]. The van der Waals surface area contributed by atoms with Crippen LogP contribution in [0.1, 0.15) is 11.6 Å². The average Bonchev–Trinajstić information content (AvgIpc) is 2.16. The topological polar surface area (TPSA) is 89.4 Å². The summed E-state index contributed by atoms with van der Waals surface area (Å²) in [5.41, 5.74) is 5.71. The molecule has 0 bridgehead atoms. The Morgan fingerprint density at radius 2 is 2.29 bits per heavy atom. The molecule has 0 spiro atoms. The van der Waals surface area contributed by atoms with Crippen molar-refractivity contribution in [2.75, 3.05) is 0 Å². The van der Waals surface area contributed by atoms with E-state index in [0.717, 1.165) is 0 Å². The van der Waals surface area contributed by atoms with Crippen LogP contribution in [-0.2, 0) is 0 Å². The summed E-state index contributed by atoms with van der Waals surface area (Å²) < 4.78 is 0. The molecule has 0 aliphatic carbocycles. The molecule has 1 rings (SSSR count). The molecule has 0 heterocycles. The summed E-state index contributed by atoms with van der Waals surface area (Å²) in [6.07, 6.45) is 1.38. The number of rotatable bonds is 3. The molecule has 1 unspecified atom stereocenters. The van der Waals surface area contributed by atoms with Crippen LogP contribution in [0.15, 0.2) is 30.9 Å². The third kappa shape index (κ3) is 1.89. The number of nitro groups is 1. The lowest BCUT2D eigenvalue weighted by Crippen LogP contribution is -2.09. The summed E-state index contributed by atoms with van der Waals surface area (Å²) >= 11 is 0. The first-order valence-electron chi connectivity index (χ1n) is 3.91. The maximum atomic E-state index is 10.6. The Kier molecular flexibility index (Phi) is 2.83. The van der Waals surface area contributed by atoms with Gasteiger partial charge in [-0.2, -0.15) is 0 Å². The van der Waals surface area contributed by atoms with Crippen LogP contribution < -0.4 is 5.73 Å². The van der Waals surface area contributed by atoms with E-state index >= 15 is 0 Å². The van der Waals surface area contributed by atoms with Crippen LogP contribution in [0.25, 0.3) is 0 Å². The molecule has 5 nitrogen and oxygen atoms in total. The van der Waals surface area contributed by atoms with Crippen LogP contribution in [0.2, 0.25) is 0 Å². The molecule has 0 aromatic heterocycles. The maximum Gasteiger partial charge on any atom is 0.274 e. The lowest BCUT2D eigenvalue weighted by atomic mass is 10.1. The minimum Gasteiger partial charge on any atom is -0.508 e. The van der Waals surface area contributed by atoms with Gasteiger partial charge in [0.2, 0.25) is 0 Å². The zero-order valence-corrected chi connectivity index (χ0v) is 7.38. The monoisotopic (exact) mass is 194 g/mol. The first-order valence-corrected chi connectivity index (χ1v) is 3.91. The van der Waals surface area contributed by atoms with E-state index in [2.05, 4.69) is 6.58 Å². The molecule has 0 aliphatic heterocycles. The van der Waals surface area contributed by atoms with Crippen molar-refractivity contribution in [2.45, 2.75) is 6.04 Å². The molecule has 0 saturated carbocycles. The lowest BCUT2D eigenvalue weighted by molar-refractivity contribution is -0.385. The first kappa shape index (κ1) is 10.2. The average molecular weight is 194 g/mol. The van der Waals surface area contributed by atoms with Gasteiger partial charge in [0.1, 0.15) is 5.75 Å². The number of nitrogens with two attached hydrogens (primary N) is 1. The van der Waals surface area contributed by atoms with E-state index in [1.165, 1.54) is 24.3 Å². The van der Waals surface area contributed by atoms with Gasteiger partial charge >= 0.3 is 0 Å². The van der Waals surface area contributed by atoms with Gasteiger partial charge < -0.3 is 10.8 Å². The third-order valence-corrected chi connectivity index (χ3v) is 1.82. The lowest BCUT2D eigenvalue weighted by Gasteiger charge is -2.07. The second-order valence-corrected chi connectivity index (χ2v) is 2.76. The van der Waals surface area contributed by atoms with Crippen molar-refractivity contribution in [1.82, 2.24) is 0 Å². The Morgan fingerprint density at radius 1 is 1.64 bits per heavy atom. The van der Waals surface area contributed by atoms with Gasteiger partial charge in [0.15, 0.2) is 0 Å². The molecule has 1 aromatic rings. The van der Waals surface area contributed by atoms with Crippen molar-refractivity contribution in [3.8, 4) is 5.75 Å². The van der Waals surface area contributed by atoms with E-state index < -0.39 is 11.0 Å². The number of nitro benzene ring substituents is 1. The highest BCUT2D eigenvalue weighted by Gasteiger charge is 2.17. The predicted molar refractivity (Wildman–Crippen MR) is 51.9 cm³/mol. The number of phenolic OH excluding ortho intramolecular Hbond substituents is 1. The summed E-state index contributed by atoms with van der Waals surface area (Å²) in [5, 5.41) is 19.7. The van der Waals surface area contributed by atoms with Crippen LogP contribution in [0.3, 0.4) is 0 Å². The summed E-state index contributed by atoms with van der Waals surface area (Å²) in [4.78, 5) is 10.0. The smallest absolute Gasteiger partial charge is 0.274 e. The molecule has 0 fully saturated rings. The highest BCUT2D eigenvalue weighted by molar-refractivity contribution is 5.47. The molecule has 1 aromatic carbocycles. The van der Waals surface area contributed by atoms with E-state index in [1.807, 2.05) is 0 Å². The number of hydrogen-bond donors (Lipinski definition) is 2. The fourth-order valence-corrected chi connectivity index (χ4v) is 1.10. The Morgan fingerprint density at radius 3 is 2.79 bits per heavy atom. The van der Waals surface area contributed by atoms with E-state index in [0.29, 0.717) is 0 Å². The Balaban J connectivity index is 3.29. The summed E-state index contributed by atoms with van der Waals surface area (Å²) in [6, 6.07) is 3.08. The minimum atomic E-state index is -0.650. The van der Waals surface area contributed by atoms with E-state index in [-0.39, 0.29) is 17.0 Å². The molecule has 0 amide bonds. The van der Waals surface area contributed by atoms with E-state index in [4.69, 9.17) is 10.8 Å². The molecule has 0 aliphatic rings. The van der Waals surface area contributed by atoms with E-state index in [9.17, 15) is 10.1 Å². The number of aromatic hydroxyl groups is 1. The normalized spacial score (nSPS) is 12.1. The van der Waals surface area contributed by atoms with Gasteiger partial charge in [-0.3, -0.25) is 10.1 Å². The van der Waals surface area contributed by atoms with Gasteiger partial charge in [-0.15, -0.1) is 6.58 Å². The van der Waals surface area contributed by atoms with Crippen LogP contribution in [0.5, 0.6) is 5.75 Å². The third-order valence-electron chi connectivity index (χ3n) is 1.82. The Hall–Kier alpha value is -1.88. The zero-order chi connectivity index (χ0) is 10.7. The molecule has 14 heavy (non-hydrogen) atoms. The quantitative estimate of drug-likeness (QED) is 0.433. The van der Waals surface area contributed by atoms with Crippen molar-refractivity contribution in [2.24, 2.45) is 5.73 Å². The molecule has 1 atom stereocenters. The standard InChI is InChI=1S/C9H10N2O3/c1-2-8(10)7-5-6(12)3-4-9(7)11(13)14/h2-5,8,12H,1,10H2.